The highest BCUT2D eigenvalue weighted by Gasteiger charge is 2.35. The standard InChI is InChI=1S/C21H30N2O4/c24-13-15-27-14-11-22-20(25)17-7-9-18(10-8-17)21(26)23-12-3-5-16-4-1-2-6-19(16)23/h7-10,16,19,24H,1-6,11-15H2,(H,22,25)/t16-,19-/m0/s1. The predicted molar refractivity (Wildman–Crippen MR) is 103 cm³/mol. The van der Waals surface area contributed by atoms with Crippen molar-refractivity contribution >= 4 is 11.8 Å². The van der Waals surface area contributed by atoms with Gasteiger partial charge in [0.15, 0.2) is 0 Å². The van der Waals surface area contributed by atoms with Gasteiger partial charge in [0.2, 0.25) is 0 Å². The minimum Gasteiger partial charge on any atom is -0.394 e. The first-order valence-corrected chi connectivity index (χ1v) is 10.1. The van der Waals surface area contributed by atoms with E-state index >= 15 is 0 Å². The summed E-state index contributed by atoms with van der Waals surface area (Å²) in [5.74, 6) is 0.567. The number of carbonyl (C=O) groups excluding carboxylic acids is 2. The van der Waals surface area contributed by atoms with Gasteiger partial charge in [-0.15, -0.1) is 0 Å². The van der Waals surface area contributed by atoms with Crippen LogP contribution in [0.2, 0.25) is 0 Å². The number of benzene rings is 1. The minimum absolute atomic E-state index is 0.0257. The molecule has 2 N–H and O–H groups in total. The van der Waals surface area contributed by atoms with Crippen LogP contribution in [0.1, 0.15) is 59.2 Å². The molecule has 1 saturated carbocycles. The van der Waals surface area contributed by atoms with Crippen molar-refractivity contribution in [2.75, 3.05) is 32.9 Å². The Bertz CT molecular complexity index is 630. The second kappa shape index (κ2) is 9.85. The quantitative estimate of drug-likeness (QED) is 0.718. The number of nitrogens with zero attached hydrogens (tertiary/aromatic N) is 1. The van der Waals surface area contributed by atoms with Crippen molar-refractivity contribution in [3.05, 3.63) is 35.4 Å². The number of likely N-dealkylation sites (tertiary alicyclic amines) is 1. The number of hydrogen-bond acceptors (Lipinski definition) is 4. The van der Waals surface area contributed by atoms with Gasteiger partial charge in [0.1, 0.15) is 0 Å². The summed E-state index contributed by atoms with van der Waals surface area (Å²) in [4.78, 5) is 27.2. The molecule has 0 spiro atoms. The van der Waals surface area contributed by atoms with Crippen LogP contribution in [-0.4, -0.2) is 60.8 Å². The smallest absolute Gasteiger partial charge is 0.254 e. The lowest BCUT2D eigenvalue weighted by molar-refractivity contribution is 0.0390. The van der Waals surface area contributed by atoms with Crippen molar-refractivity contribution < 1.29 is 19.4 Å². The summed E-state index contributed by atoms with van der Waals surface area (Å²) in [5.41, 5.74) is 1.19. The summed E-state index contributed by atoms with van der Waals surface area (Å²) in [6.45, 7) is 1.83. The number of rotatable bonds is 7. The average molecular weight is 374 g/mol. The van der Waals surface area contributed by atoms with Crippen molar-refractivity contribution in [2.45, 2.75) is 44.6 Å². The monoisotopic (exact) mass is 374 g/mol. The van der Waals surface area contributed by atoms with Crippen molar-refractivity contribution in [3.63, 3.8) is 0 Å². The van der Waals surface area contributed by atoms with Crippen LogP contribution in [0.25, 0.3) is 0 Å². The van der Waals surface area contributed by atoms with Crippen LogP contribution in [0.5, 0.6) is 0 Å². The third kappa shape index (κ3) is 5.08. The van der Waals surface area contributed by atoms with E-state index in [-0.39, 0.29) is 25.0 Å². The topological polar surface area (TPSA) is 78.9 Å². The number of piperidine rings is 1. The second-order valence-electron chi connectivity index (χ2n) is 7.42. The van der Waals surface area contributed by atoms with E-state index in [4.69, 9.17) is 9.84 Å². The molecular weight excluding hydrogens is 344 g/mol. The molecule has 0 aromatic heterocycles. The molecule has 2 fully saturated rings. The number of fused-ring (bicyclic) bond motifs is 1. The molecule has 2 atom stereocenters. The van der Waals surface area contributed by atoms with Crippen molar-refractivity contribution in [3.8, 4) is 0 Å². The van der Waals surface area contributed by atoms with Gasteiger partial charge in [0, 0.05) is 30.3 Å². The van der Waals surface area contributed by atoms with Crippen LogP contribution < -0.4 is 5.32 Å². The van der Waals surface area contributed by atoms with E-state index in [0.717, 1.165) is 19.4 Å². The van der Waals surface area contributed by atoms with Crippen molar-refractivity contribution in [1.82, 2.24) is 10.2 Å². The van der Waals surface area contributed by atoms with Crippen LogP contribution in [0.3, 0.4) is 0 Å². The highest BCUT2D eigenvalue weighted by atomic mass is 16.5. The van der Waals surface area contributed by atoms with Gasteiger partial charge in [-0.3, -0.25) is 9.59 Å². The van der Waals surface area contributed by atoms with Crippen LogP contribution in [-0.2, 0) is 4.74 Å². The highest BCUT2D eigenvalue weighted by Crippen LogP contribution is 2.35. The van der Waals surface area contributed by atoms with E-state index in [0.29, 0.717) is 36.2 Å². The zero-order valence-electron chi connectivity index (χ0n) is 15.9. The Kier molecular flexibility index (Phi) is 7.24. The normalized spacial score (nSPS) is 22.2. The SMILES string of the molecule is O=C(NCCOCCO)c1ccc(C(=O)N2CCC[C@@H]3CCCC[C@@H]32)cc1. The number of nitrogens with one attached hydrogen (secondary N) is 1. The Balaban J connectivity index is 1.56. The largest absolute Gasteiger partial charge is 0.394 e. The maximum absolute atomic E-state index is 13.0. The number of hydrogen-bond donors (Lipinski definition) is 2. The second-order valence-corrected chi connectivity index (χ2v) is 7.42. The van der Waals surface area contributed by atoms with Crippen LogP contribution in [0.4, 0.5) is 0 Å². The van der Waals surface area contributed by atoms with Crippen molar-refractivity contribution in [1.29, 1.82) is 0 Å². The lowest BCUT2D eigenvalue weighted by atomic mass is 9.78. The number of ether oxygens (including phenoxy) is 1. The van der Waals surface area contributed by atoms with E-state index in [1.165, 1.54) is 25.7 Å². The first-order chi connectivity index (χ1) is 13.2. The Morgan fingerprint density at radius 2 is 1.74 bits per heavy atom. The fourth-order valence-corrected chi connectivity index (χ4v) is 4.31. The van der Waals surface area contributed by atoms with Gasteiger partial charge in [-0.2, -0.15) is 0 Å². The van der Waals surface area contributed by atoms with Crippen LogP contribution in [0, 0.1) is 5.92 Å². The van der Waals surface area contributed by atoms with Crippen molar-refractivity contribution in [2.24, 2.45) is 5.92 Å². The average Bonchev–Trinajstić information content (AvgIpc) is 2.72. The van der Waals surface area contributed by atoms with Crippen LogP contribution in [0.15, 0.2) is 24.3 Å². The molecular formula is C21H30N2O4. The molecule has 148 valence electrons. The van der Waals surface area contributed by atoms with Gasteiger partial charge >= 0.3 is 0 Å². The molecule has 1 aliphatic carbocycles. The van der Waals surface area contributed by atoms with E-state index in [2.05, 4.69) is 10.2 Å². The molecule has 27 heavy (non-hydrogen) atoms. The molecule has 0 bridgehead atoms. The molecule has 3 rings (SSSR count). The summed E-state index contributed by atoms with van der Waals surface area (Å²) in [6.07, 6.45) is 7.20. The molecule has 1 aromatic carbocycles. The maximum Gasteiger partial charge on any atom is 0.254 e. The molecule has 6 heteroatoms. The maximum atomic E-state index is 13.0. The molecule has 0 unspecified atom stereocenters. The molecule has 0 radical (unpaired) electrons. The summed E-state index contributed by atoms with van der Waals surface area (Å²) in [5, 5.41) is 11.4. The van der Waals surface area contributed by atoms with Gasteiger partial charge < -0.3 is 20.1 Å². The third-order valence-electron chi connectivity index (χ3n) is 5.67. The number of amides is 2. The first kappa shape index (κ1) is 19.8. The number of aliphatic hydroxyl groups excluding tert-OH is 1. The van der Waals surface area contributed by atoms with Gasteiger partial charge in [-0.25, -0.2) is 0 Å². The van der Waals surface area contributed by atoms with Crippen LogP contribution >= 0.6 is 0 Å². The fraction of sp³-hybridized carbons (Fsp3) is 0.619. The molecule has 1 aromatic rings. The zero-order chi connectivity index (χ0) is 19.1. The molecule has 6 nitrogen and oxygen atoms in total. The van der Waals surface area contributed by atoms with E-state index in [1.807, 2.05) is 0 Å². The lowest BCUT2D eigenvalue weighted by Gasteiger charge is -2.44. The summed E-state index contributed by atoms with van der Waals surface area (Å²) >= 11 is 0. The van der Waals surface area contributed by atoms with E-state index in [1.54, 1.807) is 24.3 Å². The zero-order valence-corrected chi connectivity index (χ0v) is 15.9. The third-order valence-corrected chi connectivity index (χ3v) is 5.67. The lowest BCUT2D eigenvalue weighted by Crippen LogP contribution is -2.49. The minimum atomic E-state index is -0.188. The molecule has 1 saturated heterocycles. The molecule has 2 amide bonds. The Morgan fingerprint density at radius 1 is 1.04 bits per heavy atom. The van der Waals surface area contributed by atoms with Gasteiger partial charge in [0.25, 0.3) is 11.8 Å². The summed E-state index contributed by atoms with van der Waals surface area (Å²) in [6, 6.07) is 7.32. The fourth-order valence-electron chi connectivity index (χ4n) is 4.31. The summed E-state index contributed by atoms with van der Waals surface area (Å²) < 4.78 is 5.12. The Hall–Kier alpha value is -1.92. The molecule has 1 aliphatic heterocycles. The molecule has 2 aliphatic rings. The van der Waals surface area contributed by atoms with Gasteiger partial charge in [0.05, 0.1) is 19.8 Å². The van der Waals surface area contributed by atoms with Gasteiger partial charge in [-0.05, 0) is 55.9 Å². The Labute approximate surface area is 160 Å². The molecule has 1 heterocycles. The summed E-state index contributed by atoms with van der Waals surface area (Å²) in [7, 11) is 0. The number of aliphatic hydroxyl groups is 1. The van der Waals surface area contributed by atoms with E-state index < -0.39 is 0 Å². The Morgan fingerprint density at radius 3 is 2.52 bits per heavy atom. The number of carbonyl (C=O) groups is 2. The van der Waals surface area contributed by atoms with Gasteiger partial charge in [-0.1, -0.05) is 12.8 Å². The first-order valence-electron chi connectivity index (χ1n) is 10.1. The highest BCUT2D eigenvalue weighted by molar-refractivity contribution is 5.98. The van der Waals surface area contributed by atoms with E-state index in [9.17, 15) is 9.59 Å². The predicted octanol–water partition coefficient (Wildman–Crippen LogP) is 2.22.